The van der Waals surface area contributed by atoms with Crippen molar-refractivity contribution in [3.05, 3.63) is 30.3 Å². The number of anilines is 1. The normalized spacial score (nSPS) is 22.1. The fraction of sp³-hybridized carbons (Fsp3) is 0.529. The summed E-state index contributed by atoms with van der Waals surface area (Å²) >= 11 is 0. The van der Waals surface area contributed by atoms with Gasteiger partial charge in [0.25, 0.3) is 0 Å². The molecule has 2 heterocycles. The Hall–Kier alpha value is -2.24. The van der Waals surface area contributed by atoms with Crippen LogP contribution < -0.4 is 10.6 Å². The summed E-state index contributed by atoms with van der Waals surface area (Å²) in [6, 6.07) is 9.86. The standard InChI is InChI=1S/C17H24N4O2/c18-17(23)21-8-4-5-14(13-21)16(22)20-11-9-19(10-12-20)15-6-2-1-3-7-15/h1-3,6-7,14H,4-5,8-13H2,(H2,18,23)/t14-/m1/s1. The zero-order valence-electron chi connectivity index (χ0n) is 13.4. The molecular formula is C17H24N4O2. The predicted octanol–water partition coefficient (Wildman–Crippen LogP) is 1.13. The Balaban J connectivity index is 1.55. The highest BCUT2D eigenvalue weighted by molar-refractivity contribution is 5.81. The number of piperidine rings is 1. The lowest BCUT2D eigenvalue weighted by Gasteiger charge is -2.39. The summed E-state index contributed by atoms with van der Waals surface area (Å²) in [5, 5.41) is 0. The van der Waals surface area contributed by atoms with E-state index in [4.69, 9.17) is 5.73 Å². The molecular weight excluding hydrogens is 292 g/mol. The highest BCUT2D eigenvalue weighted by Crippen LogP contribution is 2.21. The second-order valence-electron chi connectivity index (χ2n) is 6.27. The number of hydrogen-bond donors (Lipinski definition) is 1. The average molecular weight is 316 g/mol. The third-order valence-electron chi connectivity index (χ3n) is 4.79. The van der Waals surface area contributed by atoms with E-state index < -0.39 is 6.03 Å². The Labute approximate surface area is 136 Å². The van der Waals surface area contributed by atoms with Gasteiger partial charge in [0.1, 0.15) is 0 Å². The SMILES string of the molecule is NC(=O)N1CCC[C@@H](C(=O)N2CCN(c3ccccc3)CC2)C1. The van der Waals surface area contributed by atoms with E-state index in [0.717, 1.165) is 39.0 Å². The summed E-state index contributed by atoms with van der Waals surface area (Å²) in [6.07, 6.45) is 1.70. The molecule has 124 valence electrons. The van der Waals surface area contributed by atoms with Crippen LogP contribution in [0.5, 0.6) is 0 Å². The summed E-state index contributed by atoms with van der Waals surface area (Å²) in [4.78, 5) is 29.8. The van der Waals surface area contributed by atoms with E-state index in [2.05, 4.69) is 17.0 Å². The number of carbonyl (C=O) groups excluding carboxylic acids is 2. The average Bonchev–Trinajstić information content (AvgIpc) is 2.62. The number of likely N-dealkylation sites (tertiary alicyclic amines) is 1. The molecule has 3 amide bonds. The number of rotatable bonds is 2. The summed E-state index contributed by atoms with van der Waals surface area (Å²) in [7, 11) is 0. The summed E-state index contributed by atoms with van der Waals surface area (Å²) < 4.78 is 0. The molecule has 2 fully saturated rings. The van der Waals surface area contributed by atoms with Crippen molar-refractivity contribution in [1.82, 2.24) is 9.80 Å². The Morgan fingerprint density at radius 1 is 0.957 bits per heavy atom. The van der Waals surface area contributed by atoms with Gasteiger partial charge in [-0.1, -0.05) is 18.2 Å². The smallest absolute Gasteiger partial charge is 0.314 e. The lowest BCUT2D eigenvalue weighted by Crippen LogP contribution is -2.53. The Morgan fingerprint density at radius 3 is 2.30 bits per heavy atom. The van der Waals surface area contributed by atoms with Crippen molar-refractivity contribution in [3.8, 4) is 0 Å². The molecule has 2 saturated heterocycles. The van der Waals surface area contributed by atoms with Crippen molar-refractivity contribution < 1.29 is 9.59 Å². The molecule has 1 aromatic rings. The van der Waals surface area contributed by atoms with Gasteiger partial charge < -0.3 is 20.4 Å². The zero-order valence-corrected chi connectivity index (χ0v) is 13.4. The van der Waals surface area contributed by atoms with Crippen LogP contribution in [0.1, 0.15) is 12.8 Å². The van der Waals surface area contributed by atoms with Gasteiger partial charge in [0.05, 0.1) is 5.92 Å². The molecule has 0 spiro atoms. The molecule has 6 nitrogen and oxygen atoms in total. The molecule has 23 heavy (non-hydrogen) atoms. The lowest BCUT2D eigenvalue weighted by molar-refractivity contribution is -0.137. The summed E-state index contributed by atoms with van der Waals surface area (Å²) in [5.41, 5.74) is 6.55. The van der Waals surface area contributed by atoms with Gasteiger partial charge in [0.15, 0.2) is 0 Å². The molecule has 0 bridgehead atoms. The molecule has 2 aliphatic rings. The summed E-state index contributed by atoms with van der Waals surface area (Å²) in [6.45, 7) is 4.31. The molecule has 0 saturated carbocycles. The Bertz CT molecular complexity index is 555. The van der Waals surface area contributed by atoms with Crippen LogP contribution in [0.2, 0.25) is 0 Å². The van der Waals surface area contributed by atoms with Gasteiger partial charge in [-0.15, -0.1) is 0 Å². The fourth-order valence-corrected chi connectivity index (χ4v) is 3.46. The van der Waals surface area contributed by atoms with E-state index in [1.165, 1.54) is 5.69 Å². The third-order valence-corrected chi connectivity index (χ3v) is 4.79. The largest absolute Gasteiger partial charge is 0.368 e. The molecule has 0 aliphatic carbocycles. The van der Waals surface area contributed by atoms with Crippen LogP contribution in [-0.2, 0) is 4.79 Å². The second kappa shape index (κ2) is 6.89. The van der Waals surface area contributed by atoms with E-state index in [1.807, 2.05) is 23.1 Å². The third kappa shape index (κ3) is 3.57. The maximum Gasteiger partial charge on any atom is 0.314 e. The predicted molar refractivity (Wildman–Crippen MR) is 89.1 cm³/mol. The number of primary amides is 1. The molecule has 0 radical (unpaired) electrons. The number of piperazine rings is 1. The highest BCUT2D eigenvalue weighted by atomic mass is 16.2. The van der Waals surface area contributed by atoms with Crippen LogP contribution in [0.25, 0.3) is 0 Å². The van der Waals surface area contributed by atoms with Crippen molar-refractivity contribution >= 4 is 17.6 Å². The number of nitrogens with zero attached hydrogens (tertiary/aromatic N) is 3. The van der Waals surface area contributed by atoms with Crippen molar-refractivity contribution in [2.24, 2.45) is 11.7 Å². The first-order chi connectivity index (χ1) is 11.1. The number of urea groups is 1. The number of carbonyl (C=O) groups is 2. The summed E-state index contributed by atoms with van der Waals surface area (Å²) in [5.74, 6) is 0.0724. The van der Waals surface area contributed by atoms with Crippen molar-refractivity contribution in [2.45, 2.75) is 12.8 Å². The van der Waals surface area contributed by atoms with Gasteiger partial charge in [-0.05, 0) is 25.0 Å². The number of hydrogen-bond acceptors (Lipinski definition) is 3. The zero-order chi connectivity index (χ0) is 16.2. The van der Waals surface area contributed by atoms with Gasteiger partial charge in [0, 0.05) is 45.0 Å². The van der Waals surface area contributed by atoms with Gasteiger partial charge in [-0.2, -0.15) is 0 Å². The van der Waals surface area contributed by atoms with Crippen LogP contribution >= 0.6 is 0 Å². The van der Waals surface area contributed by atoms with Crippen molar-refractivity contribution in [2.75, 3.05) is 44.2 Å². The van der Waals surface area contributed by atoms with E-state index in [1.54, 1.807) is 4.90 Å². The first-order valence-corrected chi connectivity index (χ1v) is 8.28. The van der Waals surface area contributed by atoms with Crippen LogP contribution in [0.4, 0.5) is 10.5 Å². The van der Waals surface area contributed by atoms with Gasteiger partial charge in [-0.3, -0.25) is 4.79 Å². The molecule has 6 heteroatoms. The molecule has 0 unspecified atom stereocenters. The number of benzene rings is 1. The molecule has 1 aromatic carbocycles. The number of nitrogens with two attached hydrogens (primary N) is 1. The van der Waals surface area contributed by atoms with E-state index >= 15 is 0 Å². The van der Waals surface area contributed by atoms with Crippen LogP contribution in [-0.4, -0.2) is 61.0 Å². The minimum atomic E-state index is -0.420. The quantitative estimate of drug-likeness (QED) is 0.889. The molecule has 0 aromatic heterocycles. The topological polar surface area (TPSA) is 69.9 Å². The monoisotopic (exact) mass is 316 g/mol. The maximum absolute atomic E-state index is 12.7. The maximum atomic E-state index is 12.7. The molecule has 2 N–H and O–H groups in total. The molecule has 3 rings (SSSR count). The van der Waals surface area contributed by atoms with Crippen molar-refractivity contribution in [3.63, 3.8) is 0 Å². The minimum Gasteiger partial charge on any atom is -0.368 e. The van der Waals surface area contributed by atoms with E-state index in [-0.39, 0.29) is 11.8 Å². The van der Waals surface area contributed by atoms with Crippen LogP contribution in [0.3, 0.4) is 0 Å². The molecule has 2 aliphatic heterocycles. The van der Waals surface area contributed by atoms with E-state index in [9.17, 15) is 9.59 Å². The fourth-order valence-electron chi connectivity index (χ4n) is 3.46. The Morgan fingerprint density at radius 2 is 1.65 bits per heavy atom. The number of para-hydroxylation sites is 1. The second-order valence-corrected chi connectivity index (χ2v) is 6.27. The number of amides is 3. The minimum absolute atomic E-state index is 0.0977. The van der Waals surface area contributed by atoms with Gasteiger partial charge in [-0.25, -0.2) is 4.79 Å². The molecule has 1 atom stereocenters. The van der Waals surface area contributed by atoms with E-state index in [0.29, 0.717) is 13.1 Å². The van der Waals surface area contributed by atoms with Crippen LogP contribution in [0, 0.1) is 5.92 Å². The lowest BCUT2D eigenvalue weighted by atomic mass is 9.96. The highest BCUT2D eigenvalue weighted by Gasteiger charge is 2.32. The van der Waals surface area contributed by atoms with Gasteiger partial charge >= 0.3 is 6.03 Å². The first-order valence-electron chi connectivity index (χ1n) is 8.28. The van der Waals surface area contributed by atoms with Gasteiger partial charge in [0.2, 0.25) is 5.91 Å². The van der Waals surface area contributed by atoms with Crippen molar-refractivity contribution in [1.29, 1.82) is 0 Å². The first kappa shape index (κ1) is 15.6. The van der Waals surface area contributed by atoms with Crippen LogP contribution in [0.15, 0.2) is 30.3 Å². The Kier molecular flexibility index (Phi) is 4.69.